The summed E-state index contributed by atoms with van der Waals surface area (Å²) in [7, 11) is 1.37. The Balaban J connectivity index is 2.68. The van der Waals surface area contributed by atoms with E-state index in [0.717, 1.165) is 16.8 Å². The molecular formula is C11H12N2O2S. The number of aryl methyl sites for hydroxylation is 1. The van der Waals surface area contributed by atoms with Crippen LogP contribution >= 0.6 is 11.3 Å². The molecule has 84 valence electrons. The molecule has 1 N–H and O–H groups in total. The molecule has 5 heteroatoms. The highest BCUT2D eigenvalue weighted by atomic mass is 32.1. The van der Waals surface area contributed by atoms with E-state index in [1.54, 1.807) is 12.1 Å². The van der Waals surface area contributed by atoms with Gasteiger partial charge in [0.15, 0.2) is 4.80 Å². The van der Waals surface area contributed by atoms with E-state index >= 15 is 0 Å². The van der Waals surface area contributed by atoms with Crippen molar-refractivity contribution >= 4 is 27.5 Å². The summed E-state index contributed by atoms with van der Waals surface area (Å²) in [5.74, 6) is -0.345. The molecule has 2 rings (SSSR count). The first-order valence-corrected chi connectivity index (χ1v) is 5.75. The number of fused-ring (bicyclic) bond motifs is 1. The van der Waals surface area contributed by atoms with Gasteiger partial charge in [-0.3, -0.25) is 5.41 Å². The summed E-state index contributed by atoms with van der Waals surface area (Å²) in [6, 6.07) is 5.36. The number of methoxy groups -OCH3 is 1. The highest BCUT2D eigenvalue weighted by molar-refractivity contribution is 7.16. The van der Waals surface area contributed by atoms with Crippen LogP contribution < -0.4 is 4.80 Å². The van der Waals surface area contributed by atoms with E-state index in [4.69, 9.17) is 5.41 Å². The SMILES string of the molecule is CCn1c(=N)sc2ccc(C(=O)OC)cc21. The molecule has 0 aliphatic heterocycles. The molecule has 0 aliphatic carbocycles. The summed E-state index contributed by atoms with van der Waals surface area (Å²) < 4.78 is 7.55. The van der Waals surface area contributed by atoms with Crippen LogP contribution in [0, 0.1) is 5.41 Å². The largest absolute Gasteiger partial charge is 0.465 e. The molecule has 0 saturated heterocycles. The van der Waals surface area contributed by atoms with Crippen molar-refractivity contribution in [1.82, 2.24) is 4.57 Å². The molecule has 1 heterocycles. The van der Waals surface area contributed by atoms with Gasteiger partial charge in [0, 0.05) is 6.54 Å². The number of aromatic nitrogens is 1. The van der Waals surface area contributed by atoms with E-state index in [1.807, 2.05) is 17.6 Å². The van der Waals surface area contributed by atoms with Gasteiger partial charge in [0.25, 0.3) is 0 Å². The molecule has 2 aromatic rings. The normalized spacial score (nSPS) is 10.6. The van der Waals surface area contributed by atoms with Crippen molar-refractivity contribution < 1.29 is 9.53 Å². The Bertz CT molecular complexity index is 598. The summed E-state index contributed by atoms with van der Waals surface area (Å²) in [4.78, 5) is 11.9. The number of benzene rings is 1. The summed E-state index contributed by atoms with van der Waals surface area (Å²) in [6.07, 6.45) is 0. The maximum absolute atomic E-state index is 11.4. The number of carbonyl (C=O) groups excluding carboxylic acids is 1. The molecule has 0 aliphatic rings. The Hall–Kier alpha value is -1.62. The predicted molar refractivity (Wildman–Crippen MR) is 62.7 cm³/mol. The Morgan fingerprint density at radius 2 is 2.31 bits per heavy atom. The molecule has 4 nitrogen and oxygen atoms in total. The van der Waals surface area contributed by atoms with Crippen LogP contribution in [0.3, 0.4) is 0 Å². The third-order valence-electron chi connectivity index (χ3n) is 2.44. The van der Waals surface area contributed by atoms with E-state index in [0.29, 0.717) is 10.4 Å². The maximum Gasteiger partial charge on any atom is 0.337 e. The number of esters is 1. The lowest BCUT2D eigenvalue weighted by molar-refractivity contribution is 0.0601. The third kappa shape index (κ3) is 1.63. The van der Waals surface area contributed by atoms with Gasteiger partial charge in [0.1, 0.15) is 0 Å². The molecule has 1 aromatic carbocycles. The number of hydrogen-bond acceptors (Lipinski definition) is 4. The van der Waals surface area contributed by atoms with Crippen molar-refractivity contribution in [3.63, 3.8) is 0 Å². The van der Waals surface area contributed by atoms with Crippen molar-refractivity contribution in [3.8, 4) is 0 Å². The molecule has 0 amide bonds. The molecule has 0 fully saturated rings. The molecule has 1 aromatic heterocycles. The number of thiazole rings is 1. The average molecular weight is 236 g/mol. The maximum atomic E-state index is 11.4. The lowest BCUT2D eigenvalue weighted by Crippen LogP contribution is -2.11. The zero-order valence-electron chi connectivity index (χ0n) is 9.11. The molecule has 16 heavy (non-hydrogen) atoms. The van der Waals surface area contributed by atoms with Crippen molar-refractivity contribution in [2.24, 2.45) is 0 Å². The van der Waals surface area contributed by atoms with Crippen LogP contribution in [0.15, 0.2) is 18.2 Å². The second kappa shape index (κ2) is 4.09. The van der Waals surface area contributed by atoms with Gasteiger partial charge < -0.3 is 9.30 Å². The summed E-state index contributed by atoms with van der Waals surface area (Å²) in [5, 5.41) is 7.79. The Morgan fingerprint density at radius 3 is 2.94 bits per heavy atom. The zero-order valence-corrected chi connectivity index (χ0v) is 9.93. The van der Waals surface area contributed by atoms with Gasteiger partial charge in [-0.25, -0.2) is 4.79 Å². The summed E-state index contributed by atoms with van der Waals surface area (Å²) in [6.45, 7) is 2.71. The van der Waals surface area contributed by atoms with E-state index in [2.05, 4.69) is 4.74 Å². The topological polar surface area (TPSA) is 55.1 Å². The standard InChI is InChI=1S/C11H12N2O2S/c1-3-13-8-6-7(10(14)15-2)4-5-9(8)16-11(13)12/h4-6,12H,3H2,1-2H3. The first kappa shape index (κ1) is 10.9. The van der Waals surface area contributed by atoms with Gasteiger partial charge in [-0.1, -0.05) is 11.3 Å². The molecular weight excluding hydrogens is 224 g/mol. The number of hydrogen-bond donors (Lipinski definition) is 1. The molecule has 0 radical (unpaired) electrons. The minimum Gasteiger partial charge on any atom is -0.465 e. The Kier molecular flexibility index (Phi) is 2.78. The van der Waals surface area contributed by atoms with Crippen LogP contribution in [-0.2, 0) is 11.3 Å². The molecule has 0 atom stereocenters. The lowest BCUT2D eigenvalue weighted by atomic mass is 10.2. The monoisotopic (exact) mass is 236 g/mol. The van der Waals surface area contributed by atoms with Gasteiger partial charge in [-0.05, 0) is 25.1 Å². The third-order valence-corrected chi connectivity index (χ3v) is 3.42. The van der Waals surface area contributed by atoms with E-state index in [-0.39, 0.29) is 5.97 Å². The van der Waals surface area contributed by atoms with E-state index in [9.17, 15) is 4.79 Å². The minimum atomic E-state index is -0.345. The Morgan fingerprint density at radius 1 is 1.56 bits per heavy atom. The fourth-order valence-corrected chi connectivity index (χ4v) is 2.60. The molecule has 0 spiro atoms. The van der Waals surface area contributed by atoms with Gasteiger partial charge >= 0.3 is 5.97 Å². The highest BCUT2D eigenvalue weighted by Crippen LogP contribution is 2.19. The number of ether oxygens (including phenoxy) is 1. The number of nitrogens with one attached hydrogen (secondary N) is 1. The highest BCUT2D eigenvalue weighted by Gasteiger charge is 2.09. The van der Waals surface area contributed by atoms with Gasteiger partial charge in [0.2, 0.25) is 0 Å². The van der Waals surface area contributed by atoms with Crippen LogP contribution in [-0.4, -0.2) is 17.6 Å². The predicted octanol–water partition coefficient (Wildman–Crippen LogP) is 1.99. The van der Waals surface area contributed by atoms with Crippen molar-refractivity contribution in [2.75, 3.05) is 7.11 Å². The quantitative estimate of drug-likeness (QED) is 0.811. The van der Waals surface area contributed by atoms with Crippen LogP contribution in [0.25, 0.3) is 10.2 Å². The fourth-order valence-electron chi connectivity index (χ4n) is 1.64. The summed E-state index contributed by atoms with van der Waals surface area (Å²) >= 11 is 1.41. The number of rotatable bonds is 2. The minimum absolute atomic E-state index is 0.345. The molecule has 0 saturated carbocycles. The van der Waals surface area contributed by atoms with Gasteiger partial charge in [0.05, 0.1) is 22.9 Å². The second-order valence-electron chi connectivity index (χ2n) is 3.33. The smallest absolute Gasteiger partial charge is 0.337 e. The molecule has 0 bridgehead atoms. The van der Waals surface area contributed by atoms with Crippen LogP contribution in [0.2, 0.25) is 0 Å². The second-order valence-corrected chi connectivity index (χ2v) is 4.36. The first-order valence-electron chi connectivity index (χ1n) is 4.93. The van der Waals surface area contributed by atoms with Crippen LogP contribution in [0.1, 0.15) is 17.3 Å². The zero-order chi connectivity index (χ0) is 11.7. The average Bonchev–Trinajstić information content (AvgIpc) is 2.62. The van der Waals surface area contributed by atoms with Crippen LogP contribution in [0.5, 0.6) is 0 Å². The lowest BCUT2D eigenvalue weighted by Gasteiger charge is -2.02. The summed E-state index contributed by atoms with van der Waals surface area (Å²) in [5.41, 5.74) is 1.44. The van der Waals surface area contributed by atoms with Gasteiger partial charge in [-0.2, -0.15) is 0 Å². The molecule has 0 unspecified atom stereocenters. The van der Waals surface area contributed by atoms with Crippen molar-refractivity contribution in [1.29, 1.82) is 5.41 Å². The van der Waals surface area contributed by atoms with E-state index < -0.39 is 0 Å². The number of carbonyl (C=O) groups is 1. The Labute approximate surface area is 96.6 Å². The first-order chi connectivity index (χ1) is 7.67. The van der Waals surface area contributed by atoms with Crippen LogP contribution in [0.4, 0.5) is 0 Å². The van der Waals surface area contributed by atoms with E-state index in [1.165, 1.54) is 18.4 Å². The van der Waals surface area contributed by atoms with Crippen molar-refractivity contribution in [2.45, 2.75) is 13.5 Å². The number of nitrogens with zero attached hydrogens (tertiary/aromatic N) is 1. The fraction of sp³-hybridized carbons (Fsp3) is 0.273. The van der Waals surface area contributed by atoms with Crippen molar-refractivity contribution in [3.05, 3.63) is 28.6 Å². The van der Waals surface area contributed by atoms with Gasteiger partial charge in [-0.15, -0.1) is 0 Å².